The van der Waals surface area contributed by atoms with Gasteiger partial charge >= 0.3 is 0 Å². The summed E-state index contributed by atoms with van der Waals surface area (Å²) in [5.74, 6) is 0. The molecular formula is C13H16. The molecule has 2 aliphatic carbocycles. The Bertz CT molecular complexity index is 311. The number of hydrogen-bond acceptors (Lipinski definition) is 0. The Morgan fingerprint density at radius 1 is 1.31 bits per heavy atom. The lowest BCUT2D eigenvalue weighted by Crippen LogP contribution is -1.89. The molecule has 0 aromatic rings. The van der Waals surface area contributed by atoms with Gasteiger partial charge in [0.15, 0.2) is 0 Å². The molecule has 0 unspecified atom stereocenters. The van der Waals surface area contributed by atoms with E-state index >= 15 is 0 Å². The molecule has 0 fully saturated rings. The fourth-order valence-corrected chi connectivity index (χ4v) is 2.05. The normalized spacial score (nSPS) is 20.2. The van der Waals surface area contributed by atoms with E-state index in [9.17, 15) is 0 Å². The molecule has 0 radical (unpaired) electrons. The van der Waals surface area contributed by atoms with Crippen LogP contribution in [0.1, 0.15) is 32.6 Å². The molecule has 0 nitrogen and oxygen atoms in total. The van der Waals surface area contributed by atoms with E-state index in [2.05, 4.69) is 37.3 Å². The van der Waals surface area contributed by atoms with Crippen molar-refractivity contribution in [3.8, 4) is 0 Å². The summed E-state index contributed by atoms with van der Waals surface area (Å²) in [6.07, 6.45) is 16.2. The molecule has 0 saturated heterocycles. The zero-order chi connectivity index (χ0) is 9.10. The van der Waals surface area contributed by atoms with E-state index in [1.165, 1.54) is 24.0 Å². The van der Waals surface area contributed by atoms with Crippen molar-refractivity contribution in [3.63, 3.8) is 0 Å². The Morgan fingerprint density at radius 2 is 2.23 bits per heavy atom. The Labute approximate surface area is 80.3 Å². The maximum absolute atomic E-state index is 2.37. The summed E-state index contributed by atoms with van der Waals surface area (Å²) >= 11 is 0. The maximum atomic E-state index is 2.37. The van der Waals surface area contributed by atoms with E-state index in [-0.39, 0.29) is 0 Å². The highest BCUT2D eigenvalue weighted by Gasteiger charge is 2.13. The summed E-state index contributed by atoms with van der Waals surface area (Å²) < 4.78 is 0. The largest absolute Gasteiger partial charge is 0.0801 e. The third-order valence-electron chi connectivity index (χ3n) is 2.67. The Kier molecular flexibility index (Phi) is 2.49. The van der Waals surface area contributed by atoms with Gasteiger partial charge < -0.3 is 0 Å². The highest BCUT2D eigenvalue weighted by Crippen LogP contribution is 2.32. The summed E-state index contributed by atoms with van der Waals surface area (Å²) in [5.41, 5.74) is 4.60. The van der Waals surface area contributed by atoms with Gasteiger partial charge in [-0.2, -0.15) is 0 Å². The van der Waals surface area contributed by atoms with Crippen LogP contribution in [0.4, 0.5) is 0 Å². The third kappa shape index (κ3) is 1.67. The SMILES string of the molecule is CCCC1=CCC=C1C1=CC=CC1. The van der Waals surface area contributed by atoms with E-state index in [0.717, 1.165) is 12.8 Å². The van der Waals surface area contributed by atoms with Crippen molar-refractivity contribution < 1.29 is 0 Å². The molecule has 0 amide bonds. The van der Waals surface area contributed by atoms with Gasteiger partial charge in [-0.3, -0.25) is 0 Å². The van der Waals surface area contributed by atoms with E-state index < -0.39 is 0 Å². The zero-order valence-electron chi connectivity index (χ0n) is 8.22. The van der Waals surface area contributed by atoms with Gasteiger partial charge in [-0.05, 0) is 36.0 Å². The van der Waals surface area contributed by atoms with Crippen LogP contribution in [-0.4, -0.2) is 0 Å². The molecule has 0 bridgehead atoms. The monoisotopic (exact) mass is 172 g/mol. The van der Waals surface area contributed by atoms with Gasteiger partial charge in [-0.15, -0.1) is 0 Å². The second kappa shape index (κ2) is 3.78. The van der Waals surface area contributed by atoms with E-state index in [4.69, 9.17) is 0 Å². The molecule has 0 spiro atoms. The maximum Gasteiger partial charge on any atom is -0.00884 e. The molecule has 0 aromatic carbocycles. The second-order valence-corrected chi connectivity index (χ2v) is 3.66. The minimum absolute atomic E-state index is 1.13. The fraction of sp³-hybridized carbons (Fsp3) is 0.385. The van der Waals surface area contributed by atoms with Crippen molar-refractivity contribution >= 4 is 0 Å². The molecule has 0 aliphatic heterocycles. The first kappa shape index (κ1) is 8.55. The first-order chi connectivity index (χ1) is 6.42. The van der Waals surface area contributed by atoms with Crippen LogP contribution in [0.5, 0.6) is 0 Å². The summed E-state index contributed by atoms with van der Waals surface area (Å²) in [6.45, 7) is 2.25. The van der Waals surface area contributed by atoms with Crippen LogP contribution in [0.2, 0.25) is 0 Å². The van der Waals surface area contributed by atoms with Crippen LogP contribution in [0, 0.1) is 0 Å². The molecule has 2 rings (SSSR count). The van der Waals surface area contributed by atoms with Gasteiger partial charge in [0.25, 0.3) is 0 Å². The number of rotatable bonds is 3. The number of hydrogen-bond donors (Lipinski definition) is 0. The van der Waals surface area contributed by atoms with Gasteiger partial charge in [0.1, 0.15) is 0 Å². The Hall–Kier alpha value is -1.04. The predicted molar refractivity (Wildman–Crippen MR) is 57.5 cm³/mol. The molecular weight excluding hydrogens is 156 g/mol. The minimum atomic E-state index is 1.13. The smallest absolute Gasteiger partial charge is 0.00884 e. The van der Waals surface area contributed by atoms with Gasteiger partial charge in [0.05, 0.1) is 0 Å². The van der Waals surface area contributed by atoms with E-state index in [1.54, 1.807) is 5.57 Å². The topological polar surface area (TPSA) is 0 Å². The summed E-state index contributed by atoms with van der Waals surface area (Å²) in [7, 11) is 0. The average molecular weight is 172 g/mol. The highest BCUT2D eigenvalue weighted by molar-refractivity contribution is 5.53. The van der Waals surface area contributed by atoms with Crippen LogP contribution < -0.4 is 0 Å². The van der Waals surface area contributed by atoms with Gasteiger partial charge in [-0.1, -0.05) is 43.7 Å². The van der Waals surface area contributed by atoms with Crippen LogP contribution in [-0.2, 0) is 0 Å². The van der Waals surface area contributed by atoms with Crippen LogP contribution in [0.25, 0.3) is 0 Å². The molecule has 13 heavy (non-hydrogen) atoms. The Morgan fingerprint density at radius 3 is 2.92 bits per heavy atom. The lowest BCUT2D eigenvalue weighted by molar-refractivity contribution is 0.914. The first-order valence-corrected chi connectivity index (χ1v) is 5.17. The fourth-order valence-electron chi connectivity index (χ4n) is 2.05. The minimum Gasteiger partial charge on any atom is -0.0801 e. The van der Waals surface area contributed by atoms with Gasteiger partial charge in [-0.25, -0.2) is 0 Å². The van der Waals surface area contributed by atoms with Crippen molar-refractivity contribution in [2.45, 2.75) is 32.6 Å². The molecule has 0 aromatic heterocycles. The van der Waals surface area contributed by atoms with E-state index in [1.807, 2.05) is 0 Å². The van der Waals surface area contributed by atoms with E-state index in [0.29, 0.717) is 0 Å². The molecule has 0 N–H and O–H groups in total. The van der Waals surface area contributed by atoms with Crippen molar-refractivity contribution in [3.05, 3.63) is 47.1 Å². The highest BCUT2D eigenvalue weighted by atomic mass is 14.2. The van der Waals surface area contributed by atoms with Crippen LogP contribution in [0.3, 0.4) is 0 Å². The second-order valence-electron chi connectivity index (χ2n) is 3.66. The van der Waals surface area contributed by atoms with Crippen molar-refractivity contribution in [2.24, 2.45) is 0 Å². The molecule has 2 aliphatic rings. The molecule has 0 saturated carbocycles. The molecule has 68 valence electrons. The van der Waals surface area contributed by atoms with Gasteiger partial charge in [0, 0.05) is 0 Å². The van der Waals surface area contributed by atoms with Crippen molar-refractivity contribution in [1.29, 1.82) is 0 Å². The van der Waals surface area contributed by atoms with Crippen LogP contribution in [0.15, 0.2) is 47.1 Å². The predicted octanol–water partition coefficient (Wildman–Crippen LogP) is 3.93. The van der Waals surface area contributed by atoms with Gasteiger partial charge in [0.2, 0.25) is 0 Å². The average Bonchev–Trinajstić information content (AvgIpc) is 2.71. The standard InChI is InChI=1S/C13H16/c1-2-6-11-9-5-10-13(11)12-7-3-4-8-12/h3-4,7,9-10H,2,5-6,8H2,1H3. The first-order valence-electron chi connectivity index (χ1n) is 5.17. The molecule has 0 heterocycles. The lowest BCUT2D eigenvalue weighted by atomic mass is 9.97. The zero-order valence-corrected chi connectivity index (χ0v) is 8.22. The van der Waals surface area contributed by atoms with Crippen molar-refractivity contribution in [2.75, 3.05) is 0 Å². The Balaban J connectivity index is 2.12. The molecule has 0 heteroatoms. The summed E-state index contributed by atoms with van der Waals surface area (Å²) in [6, 6.07) is 0. The van der Waals surface area contributed by atoms with Crippen molar-refractivity contribution in [1.82, 2.24) is 0 Å². The third-order valence-corrected chi connectivity index (χ3v) is 2.67. The summed E-state index contributed by atoms with van der Waals surface area (Å²) in [5, 5.41) is 0. The quantitative estimate of drug-likeness (QED) is 0.605. The summed E-state index contributed by atoms with van der Waals surface area (Å²) in [4.78, 5) is 0. The lowest BCUT2D eigenvalue weighted by Gasteiger charge is -2.08. The number of allylic oxidation sites excluding steroid dienone is 8. The molecule has 0 atom stereocenters. The van der Waals surface area contributed by atoms with Crippen LogP contribution >= 0.6 is 0 Å².